The molecule has 1 aromatic carbocycles. The summed E-state index contributed by atoms with van der Waals surface area (Å²) in [5.74, 6) is -0.134. The summed E-state index contributed by atoms with van der Waals surface area (Å²) in [6.07, 6.45) is 2.02. The second kappa shape index (κ2) is 6.53. The van der Waals surface area contributed by atoms with Crippen molar-refractivity contribution in [1.29, 1.82) is 0 Å². The number of amides is 1. The van der Waals surface area contributed by atoms with Crippen molar-refractivity contribution in [3.63, 3.8) is 0 Å². The van der Waals surface area contributed by atoms with E-state index in [0.717, 1.165) is 15.6 Å². The van der Waals surface area contributed by atoms with Gasteiger partial charge in [0.05, 0.1) is 6.54 Å². The first-order chi connectivity index (χ1) is 9.17. The molecule has 0 spiro atoms. The Kier molecular flexibility index (Phi) is 4.75. The van der Waals surface area contributed by atoms with Crippen molar-refractivity contribution in [2.75, 3.05) is 23.4 Å². The van der Waals surface area contributed by atoms with Crippen molar-refractivity contribution >= 4 is 39.8 Å². The van der Waals surface area contributed by atoms with Crippen LogP contribution in [0.3, 0.4) is 0 Å². The van der Waals surface area contributed by atoms with Gasteiger partial charge in [-0.1, -0.05) is 17.4 Å². The van der Waals surface area contributed by atoms with Crippen molar-refractivity contribution in [3.8, 4) is 0 Å². The molecule has 0 saturated heterocycles. The van der Waals surface area contributed by atoms with Gasteiger partial charge in [0, 0.05) is 10.6 Å². The Balaban J connectivity index is 1.86. The number of benzene rings is 1. The number of carbonyl (C=O) groups excluding carboxylic acids is 1. The van der Waals surface area contributed by atoms with Crippen LogP contribution in [-0.4, -0.2) is 28.9 Å². The van der Waals surface area contributed by atoms with Gasteiger partial charge in [0.1, 0.15) is 5.01 Å². The van der Waals surface area contributed by atoms with Gasteiger partial charge in [-0.3, -0.25) is 10.1 Å². The molecule has 0 aliphatic rings. The predicted octanol–water partition coefficient (Wildman–Crippen LogP) is 2.62. The first kappa shape index (κ1) is 13.8. The lowest BCUT2D eigenvalue weighted by atomic mass is 10.3. The zero-order valence-corrected chi connectivity index (χ0v) is 12.3. The summed E-state index contributed by atoms with van der Waals surface area (Å²) in [7, 11) is 0. The van der Waals surface area contributed by atoms with E-state index in [2.05, 4.69) is 20.8 Å². The summed E-state index contributed by atoms with van der Waals surface area (Å²) in [6, 6.07) is 7.93. The highest BCUT2D eigenvalue weighted by atomic mass is 32.2. The third kappa shape index (κ3) is 4.22. The van der Waals surface area contributed by atoms with E-state index in [-0.39, 0.29) is 12.5 Å². The molecule has 0 aliphatic carbocycles. The average molecular weight is 294 g/mol. The van der Waals surface area contributed by atoms with Crippen LogP contribution in [0.1, 0.15) is 5.01 Å². The van der Waals surface area contributed by atoms with Crippen molar-refractivity contribution in [3.05, 3.63) is 29.3 Å². The summed E-state index contributed by atoms with van der Waals surface area (Å²) >= 11 is 3.02. The summed E-state index contributed by atoms with van der Waals surface area (Å²) in [4.78, 5) is 12.9. The number of aromatic nitrogens is 2. The largest absolute Gasteiger partial charge is 0.376 e. The minimum absolute atomic E-state index is 0.134. The second-order valence-corrected chi connectivity index (χ2v) is 5.82. The molecule has 0 fully saturated rings. The Morgan fingerprint density at radius 1 is 1.42 bits per heavy atom. The molecule has 1 heterocycles. The minimum atomic E-state index is -0.134. The van der Waals surface area contributed by atoms with Gasteiger partial charge in [-0.05, 0) is 31.4 Å². The van der Waals surface area contributed by atoms with E-state index in [1.165, 1.54) is 11.3 Å². The van der Waals surface area contributed by atoms with Crippen LogP contribution < -0.4 is 10.6 Å². The molecule has 1 amide bonds. The topological polar surface area (TPSA) is 66.9 Å². The summed E-state index contributed by atoms with van der Waals surface area (Å²) in [5, 5.41) is 14.8. The molecule has 100 valence electrons. The van der Waals surface area contributed by atoms with Crippen LogP contribution in [0.15, 0.2) is 29.2 Å². The smallest absolute Gasteiger partial charge is 0.245 e. The maximum atomic E-state index is 11.7. The molecule has 2 rings (SSSR count). The van der Waals surface area contributed by atoms with Crippen molar-refractivity contribution in [2.45, 2.75) is 11.8 Å². The zero-order valence-electron chi connectivity index (χ0n) is 10.6. The Bertz CT molecular complexity index is 570. The second-order valence-electron chi connectivity index (χ2n) is 3.76. The molecule has 1 aromatic heterocycles. The van der Waals surface area contributed by atoms with Crippen molar-refractivity contribution in [2.24, 2.45) is 0 Å². The van der Waals surface area contributed by atoms with Crippen LogP contribution in [0.4, 0.5) is 10.8 Å². The number of hydrogen-bond acceptors (Lipinski definition) is 6. The molecular weight excluding hydrogens is 280 g/mol. The number of carbonyl (C=O) groups is 1. The summed E-state index contributed by atoms with van der Waals surface area (Å²) < 4.78 is 0. The lowest BCUT2D eigenvalue weighted by molar-refractivity contribution is -0.114. The van der Waals surface area contributed by atoms with Gasteiger partial charge >= 0.3 is 0 Å². The van der Waals surface area contributed by atoms with Crippen LogP contribution in [0.5, 0.6) is 0 Å². The molecule has 0 radical (unpaired) electrons. The number of rotatable bonds is 5. The van der Waals surface area contributed by atoms with Gasteiger partial charge in [-0.2, -0.15) is 0 Å². The maximum Gasteiger partial charge on any atom is 0.245 e. The monoisotopic (exact) mass is 294 g/mol. The zero-order chi connectivity index (χ0) is 13.7. The van der Waals surface area contributed by atoms with E-state index >= 15 is 0 Å². The lowest BCUT2D eigenvalue weighted by Crippen LogP contribution is -2.21. The Morgan fingerprint density at radius 3 is 2.95 bits per heavy atom. The quantitative estimate of drug-likeness (QED) is 0.830. The third-order valence-electron chi connectivity index (χ3n) is 2.30. The molecule has 19 heavy (non-hydrogen) atoms. The maximum absolute atomic E-state index is 11.7. The SMILES string of the molecule is CSc1cccc(NCC(=O)Nc2nnc(C)s2)c1. The number of nitrogens with one attached hydrogen (secondary N) is 2. The van der Waals surface area contributed by atoms with Crippen molar-refractivity contribution in [1.82, 2.24) is 10.2 Å². The van der Waals surface area contributed by atoms with Gasteiger partial charge in [0.2, 0.25) is 11.0 Å². The number of nitrogens with zero attached hydrogens (tertiary/aromatic N) is 2. The van der Waals surface area contributed by atoms with E-state index in [9.17, 15) is 4.79 Å². The molecule has 0 atom stereocenters. The molecule has 0 bridgehead atoms. The molecule has 0 saturated carbocycles. The fourth-order valence-corrected chi connectivity index (χ4v) is 2.49. The molecule has 0 aliphatic heterocycles. The molecular formula is C12H14N4OS2. The molecule has 2 aromatic rings. The highest BCUT2D eigenvalue weighted by Gasteiger charge is 2.06. The molecule has 0 unspecified atom stereocenters. The highest BCUT2D eigenvalue weighted by Crippen LogP contribution is 2.19. The van der Waals surface area contributed by atoms with Crippen LogP contribution in [0.25, 0.3) is 0 Å². The summed E-state index contributed by atoms with van der Waals surface area (Å²) in [6.45, 7) is 2.05. The van der Waals surface area contributed by atoms with Crippen LogP contribution in [-0.2, 0) is 4.79 Å². The Hall–Kier alpha value is -1.60. The standard InChI is InChI=1S/C12H14N4OS2/c1-8-15-16-12(19-8)14-11(17)7-13-9-4-3-5-10(6-9)18-2/h3-6,13H,7H2,1-2H3,(H,14,16,17). The normalized spacial score (nSPS) is 10.2. The minimum Gasteiger partial charge on any atom is -0.376 e. The van der Waals surface area contributed by atoms with E-state index in [1.807, 2.05) is 37.4 Å². The van der Waals surface area contributed by atoms with Gasteiger partial charge in [0.15, 0.2) is 0 Å². The first-order valence-electron chi connectivity index (χ1n) is 5.65. The van der Waals surface area contributed by atoms with E-state index in [0.29, 0.717) is 5.13 Å². The van der Waals surface area contributed by atoms with E-state index in [4.69, 9.17) is 0 Å². The van der Waals surface area contributed by atoms with Gasteiger partial charge in [-0.25, -0.2) is 0 Å². The highest BCUT2D eigenvalue weighted by molar-refractivity contribution is 7.98. The van der Waals surface area contributed by atoms with Crippen LogP contribution >= 0.6 is 23.1 Å². The Morgan fingerprint density at radius 2 is 2.26 bits per heavy atom. The van der Waals surface area contributed by atoms with Crippen LogP contribution in [0, 0.1) is 6.92 Å². The summed E-state index contributed by atoms with van der Waals surface area (Å²) in [5.41, 5.74) is 0.926. The van der Waals surface area contributed by atoms with Crippen molar-refractivity contribution < 1.29 is 4.79 Å². The van der Waals surface area contributed by atoms with Crippen LogP contribution in [0.2, 0.25) is 0 Å². The molecule has 2 N–H and O–H groups in total. The number of thioether (sulfide) groups is 1. The lowest BCUT2D eigenvalue weighted by Gasteiger charge is -2.06. The van der Waals surface area contributed by atoms with Gasteiger partial charge in [0.25, 0.3) is 0 Å². The fourth-order valence-electron chi connectivity index (χ4n) is 1.43. The fraction of sp³-hybridized carbons (Fsp3) is 0.250. The number of hydrogen-bond donors (Lipinski definition) is 2. The van der Waals surface area contributed by atoms with Gasteiger partial charge in [-0.15, -0.1) is 22.0 Å². The first-order valence-corrected chi connectivity index (χ1v) is 7.69. The molecule has 5 nitrogen and oxygen atoms in total. The number of anilines is 2. The predicted molar refractivity (Wildman–Crippen MR) is 80.0 cm³/mol. The van der Waals surface area contributed by atoms with Gasteiger partial charge < -0.3 is 5.32 Å². The Labute approximate surface area is 119 Å². The third-order valence-corrected chi connectivity index (χ3v) is 3.77. The van der Waals surface area contributed by atoms with E-state index < -0.39 is 0 Å². The average Bonchev–Trinajstić information content (AvgIpc) is 2.82. The molecule has 7 heteroatoms. The number of aryl methyl sites for hydroxylation is 1. The van der Waals surface area contributed by atoms with E-state index in [1.54, 1.807) is 11.8 Å².